The second-order valence-electron chi connectivity index (χ2n) is 6.84. The predicted octanol–water partition coefficient (Wildman–Crippen LogP) is 3.69. The van der Waals surface area contributed by atoms with Gasteiger partial charge in [0.25, 0.3) is 0 Å². The minimum Gasteiger partial charge on any atom is -0.352 e. The van der Waals surface area contributed by atoms with Crippen molar-refractivity contribution < 1.29 is 9.59 Å². The minimum absolute atomic E-state index is 0.0614. The number of urea groups is 1. The van der Waals surface area contributed by atoms with Crippen LogP contribution in [0.3, 0.4) is 0 Å². The van der Waals surface area contributed by atoms with Crippen LogP contribution >= 0.6 is 0 Å². The molecule has 138 valence electrons. The summed E-state index contributed by atoms with van der Waals surface area (Å²) < 4.78 is 0. The van der Waals surface area contributed by atoms with E-state index >= 15 is 0 Å². The Morgan fingerprint density at radius 2 is 1.35 bits per heavy atom. The topological polar surface area (TPSA) is 84.2 Å². The zero-order valence-electron chi connectivity index (χ0n) is 15.3. The second-order valence-corrected chi connectivity index (χ2v) is 6.84. The Hall–Kier alpha value is -2.82. The summed E-state index contributed by atoms with van der Waals surface area (Å²) in [5.74, 6) is 0.316. The minimum atomic E-state index is -0.645. The molecule has 0 saturated heterocycles. The van der Waals surface area contributed by atoms with Gasteiger partial charge in [0.05, 0.1) is 18.5 Å². The smallest absolute Gasteiger partial charge is 0.312 e. The lowest BCUT2D eigenvalue weighted by molar-refractivity contribution is -0.122. The highest BCUT2D eigenvalue weighted by Gasteiger charge is 2.21. The van der Waals surface area contributed by atoms with Crippen LogP contribution in [0.25, 0.3) is 0 Å². The highest BCUT2D eigenvalue weighted by molar-refractivity contribution is 5.79. The van der Waals surface area contributed by atoms with Crippen LogP contribution in [0.1, 0.15) is 49.9 Å². The number of hydrogen-bond acceptors (Lipinski definition) is 2. The van der Waals surface area contributed by atoms with Gasteiger partial charge < -0.3 is 16.4 Å². The van der Waals surface area contributed by atoms with Gasteiger partial charge in [-0.25, -0.2) is 4.79 Å². The number of carbonyl (C=O) groups is 2. The molecule has 26 heavy (non-hydrogen) atoms. The first-order chi connectivity index (χ1) is 12.5. The summed E-state index contributed by atoms with van der Waals surface area (Å²) in [6.45, 7) is 4.26. The molecule has 0 radical (unpaired) electrons. The van der Waals surface area contributed by atoms with Gasteiger partial charge in [0, 0.05) is 0 Å². The Kier molecular flexibility index (Phi) is 7.21. The van der Waals surface area contributed by atoms with Crippen LogP contribution in [-0.4, -0.2) is 11.9 Å². The molecular formula is C21H27N3O2. The van der Waals surface area contributed by atoms with Crippen LogP contribution in [0.15, 0.2) is 60.7 Å². The number of nitrogens with one attached hydrogen (secondary N) is 2. The molecule has 0 fully saturated rings. The summed E-state index contributed by atoms with van der Waals surface area (Å²) in [6.07, 6.45) is 0.976. The van der Waals surface area contributed by atoms with Gasteiger partial charge in [0.2, 0.25) is 5.91 Å². The number of rotatable bonds is 8. The van der Waals surface area contributed by atoms with Crippen LogP contribution in [-0.2, 0) is 4.79 Å². The van der Waals surface area contributed by atoms with E-state index in [1.165, 1.54) is 0 Å². The van der Waals surface area contributed by atoms with Crippen LogP contribution in [0.5, 0.6) is 0 Å². The van der Waals surface area contributed by atoms with Gasteiger partial charge in [-0.2, -0.15) is 0 Å². The molecule has 5 heteroatoms. The first-order valence-electron chi connectivity index (χ1n) is 8.91. The molecule has 0 aliphatic heterocycles. The molecule has 3 amide bonds. The van der Waals surface area contributed by atoms with E-state index in [4.69, 9.17) is 5.73 Å². The summed E-state index contributed by atoms with van der Waals surface area (Å²) in [5.41, 5.74) is 7.21. The fraction of sp³-hybridized carbons (Fsp3) is 0.333. The third-order valence-electron chi connectivity index (χ3n) is 4.15. The molecule has 0 unspecified atom stereocenters. The summed E-state index contributed by atoms with van der Waals surface area (Å²) in [5, 5.41) is 5.77. The van der Waals surface area contributed by atoms with Crippen LogP contribution in [0.2, 0.25) is 0 Å². The first-order valence-corrected chi connectivity index (χ1v) is 8.91. The van der Waals surface area contributed by atoms with Gasteiger partial charge in [-0.15, -0.1) is 0 Å². The van der Waals surface area contributed by atoms with Crippen molar-refractivity contribution in [2.45, 2.75) is 38.8 Å². The molecule has 0 saturated carbocycles. The highest BCUT2D eigenvalue weighted by atomic mass is 16.2. The molecular weight excluding hydrogens is 326 g/mol. The van der Waals surface area contributed by atoms with Crippen molar-refractivity contribution in [2.24, 2.45) is 11.7 Å². The van der Waals surface area contributed by atoms with Gasteiger partial charge in [-0.1, -0.05) is 74.5 Å². The fourth-order valence-electron chi connectivity index (χ4n) is 2.98. The van der Waals surface area contributed by atoms with Crippen molar-refractivity contribution in [3.05, 3.63) is 71.8 Å². The van der Waals surface area contributed by atoms with Crippen LogP contribution in [0.4, 0.5) is 4.79 Å². The molecule has 2 aromatic rings. The Morgan fingerprint density at radius 1 is 0.846 bits per heavy atom. The number of hydrogen-bond donors (Lipinski definition) is 3. The van der Waals surface area contributed by atoms with Crippen LogP contribution < -0.4 is 16.4 Å². The molecule has 2 aromatic carbocycles. The van der Waals surface area contributed by atoms with Crippen LogP contribution in [0, 0.1) is 5.92 Å². The van der Waals surface area contributed by atoms with E-state index in [1.54, 1.807) is 0 Å². The maximum absolute atomic E-state index is 12.7. The number of benzene rings is 2. The molecule has 0 aromatic heterocycles. The maximum atomic E-state index is 12.7. The first kappa shape index (κ1) is 19.5. The highest BCUT2D eigenvalue weighted by Crippen LogP contribution is 2.22. The SMILES string of the molecule is CC(C)C[C@H](NC(=O)C[C@@H](NC(N)=O)c1ccccc1)c1ccccc1. The Bertz CT molecular complexity index is 702. The molecule has 4 N–H and O–H groups in total. The largest absolute Gasteiger partial charge is 0.352 e. The van der Waals surface area contributed by atoms with E-state index in [-0.39, 0.29) is 18.4 Å². The molecule has 0 heterocycles. The van der Waals surface area contributed by atoms with Gasteiger partial charge in [0.1, 0.15) is 0 Å². The van der Waals surface area contributed by atoms with Crippen molar-refractivity contribution in [1.29, 1.82) is 0 Å². The Morgan fingerprint density at radius 3 is 1.81 bits per heavy atom. The standard InChI is InChI=1S/C21H27N3O2/c1-15(2)13-18(16-9-5-3-6-10-16)23-20(25)14-19(24-21(22)26)17-11-7-4-8-12-17/h3-12,15,18-19H,13-14H2,1-2H3,(H,23,25)(H3,22,24,26)/t18-,19+/m0/s1. The number of carbonyl (C=O) groups excluding carboxylic acids is 2. The lowest BCUT2D eigenvalue weighted by Gasteiger charge is -2.23. The number of amides is 3. The Balaban J connectivity index is 2.10. The third-order valence-corrected chi connectivity index (χ3v) is 4.15. The normalized spacial score (nSPS) is 13.0. The van der Waals surface area contributed by atoms with Crippen molar-refractivity contribution in [2.75, 3.05) is 0 Å². The van der Waals surface area contributed by atoms with E-state index in [9.17, 15) is 9.59 Å². The lowest BCUT2D eigenvalue weighted by atomic mass is 9.96. The summed E-state index contributed by atoms with van der Waals surface area (Å²) in [4.78, 5) is 24.0. The van der Waals surface area contributed by atoms with E-state index < -0.39 is 12.1 Å². The van der Waals surface area contributed by atoms with Crippen molar-refractivity contribution in [3.8, 4) is 0 Å². The van der Waals surface area contributed by atoms with Crippen molar-refractivity contribution in [3.63, 3.8) is 0 Å². The van der Waals surface area contributed by atoms with E-state index in [0.29, 0.717) is 5.92 Å². The van der Waals surface area contributed by atoms with Gasteiger partial charge in [-0.3, -0.25) is 4.79 Å². The lowest BCUT2D eigenvalue weighted by Crippen LogP contribution is -2.37. The molecule has 0 aliphatic carbocycles. The van der Waals surface area contributed by atoms with E-state index in [2.05, 4.69) is 24.5 Å². The number of primary amides is 1. The number of nitrogens with two attached hydrogens (primary N) is 1. The maximum Gasteiger partial charge on any atom is 0.312 e. The quantitative estimate of drug-likeness (QED) is 0.676. The average Bonchev–Trinajstić information content (AvgIpc) is 2.61. The predicted molar refractivity (Wildman–Crippen MR) is 103 cm³/mol. The molecule has 2 rings (SSSR count). The average molecular weight is 353 g/mol. The fourth-order valence-corrected chi connectivity index (χ4v) is 2.98. The molecule has 0 bridgehead atoms. The molecule has 0 spiro atoms. The second kappa shape index (κ2) is 9.61. The third kappa shape index (κ3) is 6.24. The summed E-state index contributed by atoms with van der Waals surface area (Å²) in [7, 11) is 0. The van der Waals surface area contributed by atoms with E-state index in [0.717, 1.165) is 17.5 Å². The van der Waals surface area contributed by atoms with Crippen molar-refractivity contribution >= 4 is 11.9 Å². The van der Waals surface area contributed by atoms with Gasteiger partial charge >= 0.3 is 6.03 Å². The molecule has 5 nitrogen and oxygen atoms in total. The Labute approximate surface area is 155 Å². The van der Waals surface area contributed by atoms with Crippen molar-refractivity contribution in [1.82, 2.24) is 10.6 Å². The van der Waals surface area contributed by atoms with E-state index in [1.807, 2.05) is 60.7 Å². The summed E-state index contributed by atoms with van der Waals surface area (Å²) >= 11 is 0. The molecule has 2 atom stereocenters. The van der Waals surface area contributed by atoms with Gasteiger partial charge in [0.15, 0.2) is 0 Å². The zero-order valence-corrected chi connectivity index (χ0v) is 15.3. The summed E-state index contributed by atoms with van der Waals surface area (Å²) in [6, 6.07) is 18.1. The zero-order chi connectivity index (χ0) is 18.9. The molecule has 0 aliphatic rings. The monoisotopic (exact) mass is 353 g/mol. The van der Waals surface area contributed by atoms with Gasteiger partial charge in [-0.05, 0) is 23.5 Å².